The summed E-state index contributed by atoms with van der Waals surface area (Å²) in [5.41, 5.74) is 5.99. The van der Waals surface area contributed by atoms with Crippen molar-refractivity contribution in [3.8, 4) is 11.5 Å². The van der Waals surface area contributed by atoms with Crippen LogP contribution in [0.5, 0.6) is 11.5 Å². The number of nitrogens with zero attached hydrogens (tertiary/aromatic N) is 1. The summed E-state index contributed by atoms with van der Waals surface area (Å²) < 4.78 is 11.3. The standard InChI is InChI=1S/C19H30N2O2Si/c1-12-17(21(5)6)13-9-15-16(23-11-22-15)10-14(13)18(12)24(7,8)20-19(2,3)4/h9-10,18,20H,11H2,1-8H3. The monoisotopic (exact) mass is 346 g/mol. The van der Waals surface area contributed by atoms with E-state index in [1.165, 1.54) is 22.4 Å². The third-order valence-corrected chi connectivity index (χ3v) is 8.37. The molecule has 1 heterocycles. The molecular weight excluding hydrogens is 316 g/mol. The number of fused-ring (bicyclic) bond motifs is 2. The van der Waals surface area contributed by atoms with E-state index >= 15 is 0 Å². The molecule has 0 spiro atoms. The lowest BCUT2D eigenvalue weighted by atomic mass is 10.1. The summed E-state index contributed by atoms with van der Waals surface area (Å²) >= 11 is 0. The van der Waals surface area contributed by atoms with Gasteiger partial charge < -0.3 is 19.4 Å². The summed E-state index contributed by atoms with van der Waals surface area (Å²) in [6.45, 7) is 14.2. The number of nitrogens with one attached hydrogen (secondary N) is 1. The van der Waals surface area contributed by atoms with Crippen molar-refractivity contribution in [3.63, 3.8) is 0 Å². The fourth-order valence-electron chi connectivity index (χ4n) is 4.55. The smallest absolute Gasteiger partial charge is 0.231 e. The van der Waals surface area contributed by atoms with Crippen LogP contribution in [0.1, 0.15) is 44.4 Å². The lowest BCUT2D eigenvalue weighted by Gasteiger charge is -2.39. The largest absolute Gasteiger partial charge is 0.454 e. The zero-order chi connectivity index (χ0) is 17.9. The van der Waals surface area contributed by atoms with E-state index in [-0.39, 0.29) is 5.54 Å². The molecule has 24 heavy (non-hydrogen) atoms. The van der Waals surface area contributed by atoms with E-state index in [0.29, 0.717) is 12.3 Å². The van der Waals surface area contributed by atoms with Gasteiger partial charge in [-0.2, -0.15) is 0 Å². The van der Waals surface area contributed by atoms with Gasteiger partial charge in [-0.05, 0) is 51.0 Å². The summed E-state index contributed by atoms with van der Waals surface area (Å²) in [7, 11) is 2.48. The van der Waals surface area contributed by atoms with Crippen LogP contribution >= 0.6 is 0 Å². The van der Waals surface area contributed by atoms with Crippen LogP contribution in [-0.4, -0.2) is 39.6 Å². The SMILES string of the molecule is CC1=C(N(C)C)c2cc3c(cc2C1[Si](C)(C)NC(C)(C)C)OCO3. The normalized spacial score (nSPS) is 19.8. The van der Waals surface area contributed by atoms with Gasteiger partial charge in [-0.3, -0.25) is 0 Å². The van der Waals surface area contributed by atoms with Gasteiger partial charge in [0.1, 0.15) is 8.24 Å². The van der Waals surface area contributed by atoms with E-state index in [9.17, 15) is 0 Å². The Kier molecular flexibility index (Phi) is 4.00. The second-order valence-electron chi connectivity index (χ2n) is 8.75. The molecule has 4 nitrogen and oxygen atoms in total. The molecule has 2 aliphatic rings. The molecule has 1 aromatic carbocycles. The van der Waals surface area contributed by atoms with Crippen LogP contribution in [-0.2, 0) is 0 Å². The third-order valence-electron chi connectivity index (χ3n) is 4.78. The van der Waals surface area contributed by atoms with Gasteiger partial charge in [0.2, 0.25) is 6.79 Å². The van der Waals surface area contributed by atoms with Crippen molar-refractivity contribution in [3.05, 3.63) is 28.8 Å². The van der Waals surface area contributed by atoms with Gasteiger partial charge >= 0.3 is 0 Å². The molecule has 0 saturated heterocycles. The zero-order valence-electron chi connectivity index (χ0n) is 16.2. The Morgan fingerprint density at radius 1 is 1.12 bits per heavy atom. The number of ether oxygens (including phenoxy) is 2. The molecule has 0 aromatic heterocycles. The Hall–Kier alpha value is -1.46. The van der Waals surface area contributed by atoms with Crippen LogP contribution in [0.4, 0.5) is 0 Å². The Bertz CT molecular complexity index is 702. The molecule has 0 amide bonds. The van der Waals surface area contributed by atoms with Crippen LogP contribution in [0.3, 0.4) is 0 Å². The minimum absolute atomic E-state index is 0.105. The van der Waals surface area contributed by atoms with Crippen LogP contribution < -0.4 is 14.5 Å². The number of hydrogen-bond acceptors (Lipinski definition) is 4. The first-order valence-corrected chi connectivity index (χ1v) is 11.7. The van der Waals surface area contributed by atoms with E-state index in [0.717, 1.165) is 11.5 Å². The van der Waals surface area contributed by atoms with Crippen LogP contribution in [0.25, 0.3) is 5.70 Å². The van der Waals surface area contributed by atoms with Crippen molar-refractivity contribution >= 4 is 13.9 Å². The lowest BCUT2D eigenvalue weighted by Crippen LogP contribution is -2.58. The third kappa shape index (κ3) is 2.84. The van der Waals surface area contributed by atoms with E-state index in [2.05, 4.69) is 76.9 Å². The molecule has 1 aliphatic heterocycles. The fourth-order valence-corrected chi connectivity index (χ4v) is 8.86. The van der Waals surface area contributed by atoms with Gasteiger partial charge in [0.05, 0.1) is 0 Å². The van der Waals surface area contributed by atoms with Crippen LogP contribution in [0, 0.1) is 0 Å². The summed E-state index contributed by atoms with van der Waals surface area (Å²) in [5.74, 6) is 1.75. The molecule has 0 radical (unpaired) electrons. The first-order valence-electron chi connectivity index (χ1n) is 8.62. The molecule has 132 valence electrons. The molecular formula is C19H30N2O2Si. The molecule has 1 aliphatic carbocycles. The van der Waals surface area contributed by atoms with Crippen molar-refractivity contribution in [1.82, 2.24) is 9.88 Å². The molecule has 1 N–H and O–H groups in total. The van der Waals surface area contributed by atoms with Gasteiger partial charge in [-0.25, -0.2) is 0 Å². The first kappa shape index (κ1) is 17.4. The number of hydrogen-bond donors (Lipinski definition) is 1. The molecule has 0 saturated carbocycles. The average Bonchev–Trinajstić information content (AvgIpc) is 2.92. The van der Waals surface area contributed by atoms with Gasteiger partial charge in [0.15, 0.2) is 11.5 Å². The van der Waals surface area contributed by atoms with Crippen molar-refractivity contribution in [2.24, 2.45) is 0 Å². The second-order valence-corrected chi connectivity index (χ2v) is 13.0. The lowest BCUT2D eigenvalue weighted by molar-refractivity contribution is 0.174. The molecule has 5 heteroatoms. The van der Waals surface area contributed by atoms with E-state index in [4.69, 9.17) is 9.47 Å². The van der Waals surface area contributed by atoms with Crippen LogP contribution in [0.15, 0.2) is 17.7 Å². The van der Waals surface area contributed by atoms with Gasteiger partial charge in [0, 0.05) is 36.4 Å². The van der Waals surface area contributed by atoms with E-state index in [1.807, 2.05) is 0 Å². The topological polar surface area (TPSA) is 33.7 Å². The zero-order valence-corrected chi connectivity index (χ0v) is 17.2. The Morgan fingerprint density at radius 2 is 1.71 bits per heavy atom. The maximum absolute atomic E-state index is 5.66. The second kappa shape index (κ2) is 5.53. The summed E-state index contributed by atoms with van der Waals surface area (Å²) in [4.78, 5) is 6.18. The summed E-state index contributed by atoms with van der Waals surface area (Å²) in [6, 6.07) is 4.37. The fraction of sp³-hybridized carbons (Fsp3) is 0.579. The predicted octanol–water partition coefficient (Wildman–Crippen LogP) is 3.94. The number of rotatable bonds is 3. The van der Waals surface area contributed by atoms with Gasteiger partial charge in [-0.1, -0.05) is 13.1 Å². The van der Waals surface area contributed by atoms with E-state index < -0.39 is 8.24 Å². The molecule has 3 rings (SSSR count). The minimum Gasteiger partial charge on any atom is -0.454 e. The summed E-state index contributed by atoms with van der Waals surface area (Å²) in [5, 5.41) is 0. The average molecular weight is 347 g/mol. The predicted molar refractivity (Wildman–Crippen MR) is 102 cm³/mol. The molecule has 1 unspecified atom stereocenters. The Labute approximate surface area is 146 Å². The Balaban J connectivity index is 2.15. The molecule has 1 aromatic rings. The number of benzene rings is 1. The highest BCUT2D eigenvalue weighted by Crippen LogP contribution is 2.50. The quantitative estimate of drug-likeness (QED) is 0.841. The summed E-state index contributed by atoms with van der Waals surface area (Å²) in [6.07, 6.45) is 0. The van der Waals surface area contributed by atoms with Crippen molar-refractivity contribution in [1.29, 1.82) is 0 Å². The molecule has 1 atom stereocenters. The molecule has 0 fully saturated rings. The van der Waals surface area contributed by atoms with Gasteiger partial charge in [0.25, 0.3) is 0 Å². The Morgan fingerprint density at radius 3 is 2.25 bits per heavy atom. The highest BCUT2D eigenvalue weighted by Gasteiger charge is 2.44. The van der Waals surface area contributed by atoms with Crippen LogP contribution in [0.2, 0.25) is 13.1 Å². The molecule has 0 bridgehead atoms. The highest BCUT2D eigenvalue weighted by molar-refractivity contribution is 6.77. The van der Waals surface area contributed by atoms with Gasteiger partial charge in [-0.15, -0.1) is 0 Å². The maximum Gasteiger partial charge on any atom is 0.231 e. The number of allylic oxidation sites excluding steroid dienone is 1. The van der Waals surface area contributed by atoms with E-state index in [1.54, 1.807) is 0 Å². The highest BCUT2D eigenvalue weighted by atomic mass is 28.3. The van der Waals surface area contributed by atoms with Crippen molar-refractivity contribution in [2.75, 3.05) is 20.9 Å². The maximum atomic E-state index is 5.66. The van der Waals surface area contributed by atoms with Crippen molar-refractivity contribution in [2.45, 2.75) is 51.9 Å². The minimum atomic E-state index is -1.77. The van der Waals surface area contributed by atoms with Crippen molar-refractivity contribution < 1.29 is 9.47 Å². The first-order chi connectivity index (χ1) is 11.0.